The predicted molar refractivity (Wildman–Crippen MR) is 85.9 cm³/mol. The number of nitriles is 1. The van der Waals surface area contributed by atoms with Gasteiger partial charge in [0.15, 0.2) is 0 Å². The Morgan fingerprint density at radius 2 is 2.17 bits per heavy atom. The number of carbonyl (C=O) groups excluding carboxylic acids is 1. The highest BCUT2D eigenvalue weighted by Crippen LogP contribution is 2.37. The molecule has 2 rings (SSSR count). The van der Waals surface area contributed by atoms with Crippen molar-refractivity contribution in [1.29, 1.82) is 5.26 Å². The van der Waals surface area contributed by atoms with E-state index in [-0.39, 0.29) is 18.6 Å². The van der Waals surface area contributed by atoms with Crippen LogP contribution in [-0.2, 0) is 22.6 Å². The van der Waals surface area contributed by atoms with Crippen LogP contribution < -0.4 is 4.74 Å². The second-order valence-corrected chi connectivity index (χ2v) is 5.70. The minimum absolute atomic E-state index is 0.0557. The number of hydrogen-bond acceptors (Lipinski definition) is 5. The molecule has 0 atom stereocenters. The molecule has 1 aliphatic heterocycles. The van der Waals surface area contributed by atoms with Crippen molar-refractivity contribution in [3.63, 3.8) is 0 Å². The van der Waals surface area contributed by atoms with E-state index in [0.717, 1.165) is 11.1 Å². The number of esters is 1. The molecule has 1 N–H and O–H groups in total. The van der Waals surface area contributed by atoms with Gasteiger partial charge in [0, 0.05) is 17.5 Å². The van der Waals surface area contributed by atoms with E-state index >= 15 is 0 Å². The van der Waals surface area contributed by atoms with Crippen molar-refractivity contribution in [2.45, 2.75) is 39.7 Å². The van der Waals surface area contributed by atoms with E-state index in [1.54, 1.807) is 0 Å². The molecule has 0 spiro atoms. The van der Waals surface area contributed by atoms with Crippen LogP contribution in [0.15, 0.2) is 11.6 Å². The first-order valence-corrected chi connectivity index (χ1v) is 7.57. The van der Waals surface area contributed by atoms with Crippen molar-refractivity contribution in [2.24, 2.45) is 0 Å². The summed E-state index contributed by atoms with van der Waals surface area (Å²) in [6.45, 7) is 3.83. The number of nitrogens with zero attached hydrogens (tertiary/aromatic N) is 1. The van der Waals surface area contributed by atoms with Crippen LogP contribution in [0, 0.1) is 18.3 Å². The van der Waals surface area contributed by atoms with Crippen LogP contribution in [0.25, 0.3) is 0 Å². The summed E-state index contributed by atoms with van der Waals surface area (Å²) in [5, 5.41) is 18.3. The Labute approximate surface area is 140 Å². The molecule has 1 aromatic carbocycles. The molecule has 6 heteroatoms. The van der Waals surface area contributed by atoms with Crippen molar-refractivity contribution in [3.8, 4) is 11.8 Å². The SMILES string of the molecule is COc1c(C)c2c(c(C#N)c1CC=C(C)CCC(=O)O)C(=O)OC2. The van der Waals surface area contributed by atoms with Crippen LogP contribution in [0.2, 0.25) is 0 Å². The zero-order chi connectivity index (χ0) is 17.9. The van der Waals surface area contributed by atoms with Gasteiger partial charge in [-0.05, 0) is 32.3 Å². The van der Waals surface area contributed by atoms with E-state index in [9.17, 15) is 14.9 Å². The molecule has 0 fully saturated rings. The van der Waals surface area contributed by atoms with Crippen LogP contribution in [0.4, 0.5) is 0 Å². The Kier molecular flexibility index (Phi) is 5.24. The number of aliphatic carboxylic acids is 1. The van der Waals surface area contributed by atoms with E-state index in [0.29, 0.717) is 35.3 Å². The third-order valence-electron chi connectivity index (χ3n) is 4.18. The summed E-state index contributed by atoms with van der Waals surface area (Å²) >= 11 is 0. The second kappa shape index (κ2) is 7.18. The molecule has 0 aliphatic carbocycles. The molecule has 126 valence electrons. The van der Waals surface area contributed by atoms with Crippen LogP contribution in [0.3, 0.4) is 0 Å². The van der Waals surface area contributed by atoms with Crippen LogP contribution in [0.1, 0.15) is 52.4 Å². The van der Waals surface area contributed by atoms with Gasteiger partial charge in [0.1, 0.15) is 18.4 Å². The number of allylic oxidation sites excluding steroid dienone is 2. The molecule has 0 amide bonds. The molecule has 0 bridgehead atoms. The summed E-state index contributed by atoms with van der Waals surface area (Å²) in [5.74, 6) is -0.764. The van der Waals surface area contributed by atoms with Gasteiger partial charge in [-0.3, -0.25) is 4.79 Å². The fourth-order valence-electron chi connectivity index (χ4n) is 2.86. The van der Waals surface area contributed by atoms with Gasteiger partial charge in [0.2, 0.25) is 0 Å². The molecule has 1 aromatic rings. The van der Waals surface area contributed by atoms with Crippen LogP contribution in [-0.4, -0.2) is 24.2 Å². The van der Waals surface area contributed by atoms with Gasteiger partial charge in [-0.15, -0.1) is 0 Å². The normalized spacial score (nSPS) is 13.2. The highest BCUT2D eigenvalue weighted by molar-refractivity contribution is 5.97. The average Bonchev–Trinajstić information content (AvgIpc) is 2.93. The lowest BCUT2D eigenvalue weighted by atomic mass is 9.90. The lowest BCUT2D eigenvalue weighted by molar-refractivity contribution is -0.136. The molecule has 1 aliphatic rings. The highest BCUT2D eigenvalue weighted by Gasteiger charge is 2.31. The number of fused-ring (bicyclic) bond motifs is 1. The number of rotatable bonds is 6. The van der Waals surface area contributed by atoms with Gasteiger partial charge in [0.25, 0.3) is 0 Å². The number of cyclic esters (lactones) is 1. The molecule has 0 saturated heterocycles. The summed E-state index contributed by atoms with van der Waals surface area (Å²) in [4.78, 5) is 22.6. The quantitative estimate of drug-likeness (QED) is 0.637. The Morgan fingerprint density at radius 3 is 2.75 bits per heavy atom. The Morgan fingerprint density at radius 1 is 1.46 bits per heavy atom. The van der Waals surface area contributed by atoms with E-state index < -0.39 is 11.9 Å². The zero-order valence-electron chi connectivity index (χ0n) is 13.9. The first-order valence-electron chi connectivity index (χ1n) is 7.57. The molecular weight excluding hydrogens is 310 g/mol. The molecule has 0 saturated carbocycles. The summed E-state index contributed by atoms with van der Waals surface area (Å²) in [6.07, 6.45) is 2.75. The predicted octanol–water partition coefficient (Wildman–Crippen LogP) is 2.90. The number of carboxylic acids is 1. The van der Waals surface area contributed by atoms with Gasteiger partial charge in [0.05, 0.1) is 18.2 Å². The first-order chi connectivity index (χ1) is 11.4. The number of benzene rings is 1. The van der Waals surface area contributed by atoms with Gasteiger partial charge in [-0.1, -0.05) is 11.6 Å². The molecule has 24 heavy (non-hydrogen) atoms. The van der Waals surface area contributed by atoms with Crippen molar-refractivity contribution >= 4 is 11.9 Å². The van der Waals surface area contributed by atoms with Crippen molar-refractivity contribution in [3.05, 3.63) is 39.5 Å². The smallest absolute Gasteiger partial charge is 0.340 e. The summed E-state index contributed by atoms with van der Waals surface area (Å²) < 4.78 is 10.5. The topological polar surface area (TPSA) is 96.6 Å². The van der Waals surface area contributed by atoms with E-state index in [4.69, 9.17) is 14.6 Å². The minimum Gasteiger partial charge on any atom is -0.496 e. The molecule has 1 heterocycles. The molecule has 0 aromatic heterocycles. The van der Waals surface area contributed by atoms with Gasteiger partial charge < -0.3 is 14.6 Å². The third kappa shape index (κ3) is 3.25. The van der Waals surface area contributed by atoms with E-state index in [2.05, 4.69) is 6.07 Å². The Balaban J connectivity index is 2.46. The summed E-state index contributed by atoms with van der Waals surface area (Å²) in [7, 11) is 1.53. The molecule has 0 radical (unpaired) electrons. The van der Waals surface area contributed by atoms with Crippen LogP contribution >= 0.6 is 0 Å². The van der Waals surface area contributed by atoms with Crippen molar-refractivity contribution < 1.29 is 24.2 Å². The third-order valence-corrected chi connectivity index (χ3v) is 4.18. The monoisotopic (exact) mass is 329 g/mol. The second-order valence-electron chi connectivity index (χ2n) is 5.70. The molecule has 6 nitrogen and oxygen atoms in total. The number of carboxylic acid groups (broad SMARTS) is 1. The fraction of sp³-hybridized carbons (Fsp3) is 0.389. The summed E-state index contributed by atoms with van der Waals surface area (Å²) in [5.41, 5.74) is 3.63. The fourth-order valence-corrected chi connectivity index (χ4v) is 2.86. The van der Waals surface area contributed by atoms with Gasteiger partial charge in [-0.25, -0.2) is 4.79 Å². The maximum Gasteiger partial charge on any atom is 0.340 e. The lowest BCUT2D eigenvalue weighted by Crippen LogP contribution is -2.07. The average molecular weight is 329 g/mol. The van der Waals surface area contributed by atoms with Crippen molar-refractivity contribution in [2.75, 3.05) is 7.11 Å². The van der Waals surface area contributed by atoms with Gasteiger partial charge in [-0.2, -0.15) is 5.26 Å². The zero-order valence-corrected chi connectivity index (χ0v) is 13.9. The number of ether oxygens (including phenoxy) is 2. The maximum absolute atomic E-state index is 12.0. The standard InChI is InChI=1S/C18H19NO5/c1-10(5-7-15(20)21)4-6-12-13(8-19)16-14(9-24-18(16)22)11(2)17(12)23-3/h4H,5-7,9H2,1-3H3,(H,20,21). The largest absolute Gasteiger partial charge is 0.496 e. The number of hydrogen-bond donors (Lipinski definition) is 1. The summed E-state index contributed by atoms with van der Waals surface area (Å²) in [6, 6.07) is 2.10. The van der Waals surface area contributed by atoms with E-state index in [1.807, 2.05) is 19.9 Å². The minimum atomic E-state index is -0.853. The first kappa shape index (κ1) is 17.5. The number of carbonyl (C=O) groups is 2. The van der Waals surface area contributed by atoms with E-state index in [1.165, 1.54) is 7.11 Å². The Bertz CT molecular complexity index is 771. The highest BCUT2D eigenvalue weighted by atomic mass is 16.5. The van der Waals surface area contributed by atoms with Crippen LogP contribution in [0.5, 0.6) is 5.75 Å². The van der Waals surface area contributed by atoms with Gasteiger partial charge >= 0.3 is 11.9 Å². The molecule has 0 unspecified atom stereocenters. The number of methoxy groups -OCH3 is 1. The lowest BCUT2D eigenvalue weighted by Gasteiger charge is -2.15. The van der Waals surface area contributed by atoms with Crippen molar-refractivity contribution in [1.82, 2.24) is 0 Å². The Hall–Kier alpha value is -2.81. The maximum atomic E-state index is 12.0. The molecular formula is C18H19NO5.